The van der Waals surface area contributed by atoms with E-state index in [1.807, 2.05) is 0 Å². The Hall–Kier alpha value is -2.82. The highest BCUT2D eigenvalue weighted by atomic mass is 32.3. The van der Waals surface area contributed by atoms with Gasteiger partial charge in [0, 0.05) is 5.38 Å². The molecule has 1 saturated heterocycles. The molecule has 160 valence electrons. The maximum atomic E-state index is 12.6. The van der Waals surface area contributed by atoms with Gasteiger partial charge in [-0.3, -0.25) is 14.1 Å². The second-order valence-electron chi connectivity index (χ2n) is 6.29. The zero-order chi connectivity index (χ0) is 22.1. The summed E-state index contributed by atoms with van der Waals surface area (Å²) in [6.45, 7) is 3.91. The van der Waals surface area contributed by atoms with Gasteiger partial charge in [-0.1, -0.05) is 5.16 Å². The minimum absolute atomic E-state index is 0.0294. The molecule has 1 unspecified atom stereocenters. The summed E-state index contributed by atoms with van der Waals surface area (Å²) in [5.74, 6) is -3.26. The molecule has 0 aliphatic carbocycles. The number of carboxylic acids is 1. The number of rotatable bonds is 8. The minimum Gasteiger partial charge on any atom is -0.478 e. The maximum Gasteiger partial charge on any atom is 0.418 e. The van der Waals surface area contributed by atoms with Gasteiger partial charge in [-0.2, -0.15) is 13.5 Å². The molecule has 1 aliphatic heterocycles. The molecule has 2 amide bonds. The number of hydroxylamine groups is 2. The zero-order valence-corrected chi connectivity index (χ0v) is 16.9. The van der Waals surface area contributed by atoms with Crippen molar-refractivity contribution in [1.29, 1.82) is 0 Å². The fourth-order valence-corrected chi connectivity index (χ4v) is 3.20. The standard InChI is InChI=1S/C13H17N5O9S2/c1-5(11(21)22)26-17-7(6-4-28-12(14)15-6)9(19)16-8-10(20)18(13(8,2)3)27-29(23,24)25/h4-5,8H,1-3H3,(H2,14,15)(H,16,19)(H,21,22)(H,23,24,25)/b17-7-/t5?,8-/m1/s1. The fraction of sp³-hybridized carbons (Fsp3) is 0.462. The number of carbonyl (C=O) groups is 3. The van der Waals surface area contributed by atoms with E-state index in [9.17, 15) is 22.8 Å². The highest BCUT2D eigenvalue weighted by Gasteiger charge is 2.58. The van der Waals surface area contributed by atoms with E-state index in [1.54, 1.807) is 0 Å². The highest BCUT2D eigenvalue weighted by molar-refractivity contribution is 7.80. The van der Waals surface area contributed by atoms with E-state index in [0.717, 1.165) is 11.3 Å². The van der Waals surface area contributed by atoms with Crippen LogP contribution in [0.3, 0.4) is 0 Å². The van der Waals surface area contributed by atoms with Crippen molar-refractivity contribution < 1.29 is 41.6 Å². The van der Waals surface area contributed by atoms with Gasteiger partial charge < -0.3 is 21.0 Å². The summed E-state index contributed by atoms with van der Waals surface area (Å²) in [4.78, 5) is 44.3. The Bertz CT molecular complexity index is 971. The van der Waals surface area contributed by atoms with Crippen LogP contribution in [0, 0.1) is 0 Å². The molecule has 2 heterocycles. The maximum absolute atomic E-state index is 12.6. The van der Waals surface area contributed by atoms with Crippen molar-refractivity contribution in [3.63, 3.8) is 0 Å². The molecule has 1 aliphatic rings. The number of oxime groups is 1. The first-order valence-electron chi connectivity index (χ1n) is 7.74. The first-order chi connectivity index (χ1) is 13.2. The molecule has 0 aromatic carbocycles. The predicted molar refractivity (Wildman–Crippen MR) is 96.7 cm³/mol. The second-order valence-corrected chi connectivity index (χ2v) is 8.19. The molecule has 2 atom stereocenters. The van der Waals surface area contributed by atoms with Crippen molar-refractivity contribution in [2.45, 2.75) is 38.5 Å². The summed E-state index contributed by atoms with van der Waals surface area (Å²) >= 11 is 0.981. The van der Waals surface area contributed by atoms with Gasteiger partial charge in [0.1, 0.15) is 11.7 Å². The molecule has 16 heteroatoms. The van der Waals surface area contributed by atoms with Crippen molar-refractivity contribution in [1.82, 2.24) is 15.4 Å². The van der Waals surface area contributed by atoms with Crippen LogP contribution in [0.25, 0.3) is 0 Å². The quantitative estimate of drug-likeness (QED) is 0.159. The normalized spacial score (nSPS) is 20.0. The van der Waals surface area contributed by atoms with Crippen LogP contribution in [-0.2, 0) is 33.9 Å². The van der Waals surface area contributed by atoms with Crippen LogP contribution in [0.5, 0.6) is 0 Å². The number of hydrogen-bond donors (Lipinski definition) is 4. The summed E-state index contributed by atoms with van der Waals surface area (Å²) in [5, 5.41) is 16.5. The Kier molecular flexibility index (Phi) is 6.12. The van der Waals surface area contributed by atoms with Gasteiger partial charge in [0.15, 0.2) is 10.8 Å². The Labute approximate surface area is 168 Å². The molecule has 14 nitrogen and oxygen atoms in total. The van der Waals surface area contributed by atoms with E-state index in [4.69, 9.17) is 20.2 Å². The summed E-state index contributed by atoms with van der Waals surface area (Å²) in [6.07, 6.45) is -1.38. The van der Waals surface area contributed by atoms with Crippen molar-refractivity contribution in [2.24, 2.45) is 5.16 Å². The number of hydrogen-bond acceptors (Lipinski definition) is 11. The molecule has 0 saturated carbocycles. The number of nitrogens with zero attached hydrogens (tertiary/aromatic N) is 3. The van der Waals surface area contributed by atoms with Gasteiger partial charge >= 0.3 is 16.4 Å². The number of aromatic nitrogens is 1. The van der Waals surface area contributed by atoms with E-state index in [0.29, 0.717) is 5.06 Å². The Morgan fingerprint density at radius 1 is 1.48 bits per heavy atom. The van der Waals surface area contributed by atoms with Crippen LogP contribution in [0.1, 0.15) is 26.5 Å². The Balaban J connectivity index is 2.23. The van der Waals surface area contributed by atoms with Crippen molar-refractivity contribution in [3.05, 3.63) is 11.1 Å². The number of nitrogens with two attached hydrogens (primary N) is 1. The summed E-state index contributed by atoms with van der Waals surface area (Å²) in [5.41, 5.74) is 3.69. The van der Waals surface area contributed by atoms with Gasteiger partial charge in [-0.25, -0.2) is 9.78 Å². The number of nitrogen functional groups attached to an aromatic ring is 1. The van der Waals surface area contributed by atoms with Crippen molar-refractivity contribution >= 4 is 50.4 Å². The van der Waals surface area contributed by atoms with E-state index in [-0.39, 0.29) is 10.8 Å². The number of β-lactam (4-membered cyclic amide) rings is 1. The van der Waals surface area contributed by atoms with Gasteiger partial charge in [-0.05, 0) is 20.8 Å². The largest absolute Gasteiger partial charge is 0.478 e. The lowest BCUT2D eigenvalue weighted by molar-refractivity contribution is -0.218. The lowest BCUT2D eigenvalue weighted by Crippen LogP contribution is -2.76. The molecule has 1 fully saturated rings. The number of amides is 2. The Morgan fingerprint density at radius 3 is 2.55 bits per heavy atom. The second kappa shape index (κ2) is 7.90. The molecule has 0 spiro atoms. The first kappa shape index (κ1) is 22.5. The lowest BCUT2D eigenvalue weighted by Gasteiger charge is -2.50. The van der Waals surface area contributed by atoms with Crippen LogP contribution in [-0.4, -0.2) is 69.3 Å². The monoisotopic (exact) mass is 451 g/mol. The van der Waals surface area contributed by atoms with E-state index in [2.05, 4.69) is 19.7 Å². The molecular formula is C13H17N5O9S2. The van der Waals surface area contributed by atoms with E-state index >= 15 is 0 Å². The summed E-state index contributed by atoms with van der Waals surface area (Å²) < 4.78 is 34.6. The number of nitrogens with one attached hydrogen (secondary N) is 1. The molecule has 29 heavy (non-hydrogen) atoms. The first-order valence-corrected chi connectivity index (χ1v) is 9.98. The average molecular weight is 451 g/mol. The smallest absolute Gasteiger partial charge is 0.418 e. The summed E-state index contributed by atoms with van der Waals surface area (Å²) in [7, 11) is -4.95. The van der Waals surface area contributed by atoms with Crippen LogP contribution in [0.2, 0.25) is 0 Å². The van der Waals surface area contributed by atoms with Crippen molar-refractivity contribution in [2.75, 3.05) is 5.73 Å². The number of carbonyl (C=O) groups excluding carboxylic acids is 2. The lowest BCUT2D eigenvalue weighted by atomic mass is 9.84. The van der Waals surface area contributed by atoms with Crippen LogP contribution < -0.4 is 11.1 Å². The SMILES string of the molecule is CC(O/N=C(\C(=O)N[C@@H]1C(=O)N(OS(=O)(=O)O)C1(C)C)c1csc(N)n1)C(=O)O. The van der Waals surface area contributed by atoms with Crippen LogP contribution in [0.4, 0.5) is 5.13 Å². The molecule has 1 aromatic heterocycles. The minimum atomic E-state index is -4.95. The van der Waals surface area contributed by atoms with Crippen LogP contribution >= 0.6 is 11.3 Å². The van der Waals surface area contributed by atoms with Gasteiger partial charge in [0.25, 0.3) is 11.8 Å². The molecular weight excluding hydrogens is 434 g/mol. The molecule has 1 aromatic rings. The number of thiazole rings is 1. The zero-order valence-electron chi connectivity index (χ0n) is 15.2. The highest BCUT2D eigenvalue weighted by Crippen LogP contribution is 2.32. The van der Waals surface area contributed by atoms with Gasteiger partial charge in [0.05, 0.1) is 5.54 Å². The third kappa shape index (κ3) is 4.97. The Morgan fingerprint density at radius 2 is 2.10 bits per heavy atom. The van der Waals surface area contributed by atoms with Crippen LogP contribution in [0.15, 0.2) is 10.5 Å². The molecule has 0 radical (unpaired) electrons. The number of anilines is 1. The topological polar surface area (TPSA) is 211 Å². The molecule has 0 bridgehead atoms. The number of carboxylic acid groups (broad SMARTS) is 1. The molecule has 2 rings (SSSR count). The summed E-state index contributed by atoms with van der Waals surface area (Å²) in [6, 6.07) is -1.25. The third-order valence-corrected chi connectivity index (χ3v) is 4.76. The molecule has 5 N–H and O–H groups in total. The van der Waals surface area contributed by atoms with Crippen molar-refractivity contribution in [3.8, 4) is 0 Å². The van der Waals surface area contributed by atoms with E-state index < -0.39 is 51.6 Å². The predicted octanol–water partition coefficient (Wildman–Crippen LogP) is -1.24. The number of aliphatic carboxylic acids is 1. The average Bonchev–Trinajstić information content (AvgIpc) is 3.02. The fourth-order valence-electron chi connectivity index (χ4n) is 2.20. The van der Waals surface area contributed by atoms with Gasteiger partial charge in [0.2, 0.25) is 6.10 Å². The van der Waals surface area contributed by atoms with E-state index in [1.165, 1.54) is 26.2 Å². The third-order valence-electron chi connectivity index (χ3n) is 3.75. The van der Waals surface area contributed by atoms with Gasteiger partial charge in [-0.15, -0.1) is 15.6 Å².